The lowest BCUT2D eigenvalue weighted by Crippen LogP contribution is -2.40. The Morgan fingerprint density at radius 1 is 1.44 bits per heavy atom. The van der Waals surface area contributed by atoms with Crippen LogP contribution in [0.4, 0.5) is 0 Å². The van der Waals surface area contributed by atoms with Gasteiger partial charge in [-0.2, -0.15) is 0 Å². The summed E-state index contributed by atoms with van der Waals surface area (Å²) in [5.41, 5.74) is 0. The lowest BCUT2D eigenvalue weighted by Gasteiger charge is -2.26. The number of nitrogens with zero attached hydrogens (tertiary/aromatic N) is 1. The molecule has 0 spiro atoms. The van der Waals surface area contributed by atoms with Crippen molar-refractivity contribution in [3.8, 4) is 0 Å². The molecule has 2 rings (SSSR count). The maximum absolute atomic E-state index is 11.8. The van der Waals surface area contributed by atoms with E-state index >= 15 is 0 Å². The van der Waals surface area contributed by atoms with Crippen LogP contribution in [0, 0.1) is 0 Å². The summed E-state index contributed by atoms with van der Waals surface area (Å²) in [6.45, 7) is 1.90. The summed E-state index contributed by atoms with van der Waals surface area (Å²) in [7, 11) is 0. The molecule has 0 saturated carbocycles. The van der Waals surface area contributed by atoms with Crippen LogP contribution in [-0.4, -0.2) is 42.4 Å². The average molecular weight is 225 g/mol. The van der Waals surface area contributed by atoms with Crippen molar-refractivity contribution < 1.29 is 14.3 Å². The molecule has 16 heavy (non-hydrogen) atoms. The SMILES string of the molecule is O=C1CCCN(C(=O)CCC2CCCO2)C1. The van der Waals surface area contributed by atoms with Gasteiger partial charge in [0, 0.05) is 26.0 Å². The number of rotatable bonds is 3. The monoisotopic (exact) mass is 225 g/mol. The molecule has 0 N–H and O–H groups in total. The van der Waals surface area contributed by atoms with Crippen LogP contribution in [-0.2, 0) is 14.3 Å². The summed E-state index contributed by atoms with van der Waals surface area (Å²) in [6, 6.07) is 0. The normalized spacial score (nSPS) is 26.1. The highest BCUT2D eigenvalue weighted by Crippen LogP contribution is 2.18. The maximum Gasteiger partial charge on any atom is 0.223 e. The van der Waals surface area contributed by atoms with Crippen molar-refractivity contribution in [3.63, 3.8) is 0 Å². The highest BCUT2D eigenvalue weighted by molar-refractivity contribution is 5.87. The molecule has 1 amide bonds. The van der Waals surface area contributed by atoms with Gasteiger partial charge in [0.1, 0.15) is 0 Å². The quantitative estimate of drug-likeness (QED) is 0.723. The average Bonchev–Trinajstić information content (AvgIpc) is 2.78. The first kappa shape index (κ1) is 11.6. The van der Waals surface area contributed by atoms with E-state index in [-0.39, 0.29) is 17.8 Å². The molecular formula is C12H19NO3. The third-order valence-corrected chi connectivity index (χ3v) is 3.31. The molecule has 4 heteroatoms. The second kappa shape index (κ2) is 5.43. The highest BCUT2D eigenvalue weighted by Gasteiger charge is 2.23. The van der Waals surface area contributed by atoms with E-state index in [9.17, 15) is 9.59 Å². The molecule has 2 fully saturated rings. The summed E-state index contributed by atoms with van der Waals surface area (Å²) in [4.78, 5) is 24.7. The smallest absolute Gasteiger partial charge is 0.223 e. The van der Waals surface area contributed by atoms with Gasteiger partial charge in [-0.05, 0) is 25.7 Å². The van der Waals surface area contributed by atoms with E-state index in [1.807, 2.05) is 0 Å². The van der Waals surface area contributed by atoms with Gasteiger partial charge >= 0.3 is 0 Å². The molecule has 1 atom stereocenters. The first-order valence-electron chi connectivity index (χ1n) is 6.17. The van der Waals surface area contributed by atoms with E-state index in [4.69, 9.17) is 4.74 Å². The van der Waals surface area contributed by atoms with Gasteiger partial charge < -0.3 is 9.64 Å². The van der Waals surface area contributed by atoms with Crippen LogP contribution in [0.15, 0.2) is 0 Å². The molecule has 2 aliphatic heterocycles. The first-order valence-corrected chi connectivity index (χ1v) is 6.17. The second-order valence-corrected chi connectivity index (χ2v) is 4.63. The zero-order valence-electron chi connectivity index (χ0n) is 9.61. The first-order chi connectivity index (χ1) is 7.75. The lowest BCUT2D eigenvalue weighted by molar-refractivity contribution is -0.138. The largest absolute Gasteiger partial charge is 0.378 e. The maximum atomic E-state index is 11.8. The number of hydrogen-bond acceptors (Lipinski definition) is 3. The van der Waals surface area contributed by atoms with Crippen LogP contribution in [0.1, 0.15) is 38.5 Å². The van der Waals surface area contributed by atoms with E-state index in [1.165, 1.54) is 0 Å². The lowest BCUT2D eigenvalue weighted by atomic mass is 10.1. The Kier molecular flexibility index (Phi) is 3.93. The Hall–Kier alpha value is -0.900. The molecule has 0 aromatic rings. The second-order valence-electron chi connectivity index (χ2n) is 4.63. The minimum Gasteiger partial charge on any atom is -0.378 e. The highest BCUT2D eigenvalue weighted by atomic mass is 16.5. The van der Waals surface area contributed by atoms with E-state index in [0.717, 1.165) is 38.8 Å². The Labute approximate surface area is 95.9 Å². The predicted octanol–water partition coefficient (Wildman–Crippen LogP) is 1.14. The molecule has 4 nitrogen and oxygen atoms in total. The van der Waals surface area contributed by atoms with Crippen molar-refractivity contribution in [2.24, 2.45) is 0 Å². The number of carbonyl (C=O) groups excluding carboxylic acids is 2. The molecule has 2 heterocycles. The molecule has 2 aliphatic rings. The summed E-state index contributed by atoms with van der Waals surface area (Å²) < 4.78 is 5.47. The van der Waals surface area contributed by atoms with E-state index in [2.05, 4.69) is 0 Å². The van der Waals surface area contributed by atoms with Gasteiger partial charge in [-0.3, -0.25) is 9.59 Å². The fourth-order valence-corrected chi connectivity index (χ4v) is 2.37. The summed E-state index contributed by atoms with van der Waals surface area (Å²) in [6.07, 6.45) is 5.25. The number of carbonyl (C=O) groups is 2. The van der Waals surface area contributed by atoms with E-state index < -0.39 is 0 Å². The number of ether oxygens (including phenoxy) is 1. The van der Waals surface area contributed by atoms with Crippen LogP contribution >= 0.6 is 0 Å². The Morgan fingerprint density at radius 2 is 2.31 bits per heavy atom. The van der Waals surface area contributed by atoms with Crippen molar-refractivity contribution in [2.45, 2.75) is 44.6 Å². The zero-order valence-corrected chi connectivity index (χ0v) is 9.61. The number of hydrogen-bond donors (Lipinski definition) is 0. The standard InChI is InChI=1S/C12H19NO3/c14-10-3-1-7-13(9-10)12(15)6-5-11-4-2-8-16-11/h11H,1-9H2. The number of likely N-dealkylation sites (tertiary alicyclic amines) is 1. The number of Topliss-reactive ketones (excluding diaryl/α,β-unsaturated/α-hetero) is 1. The summed E-state index contributed by atoms with van der Waals surface area (Å²) in [5.74, 6) is 0.306. The van der Waals surface area contributed by atoms with Crippen LogP contribution < -0.4 is 0 Å². The molecule has 90 valence electrons. The van der Waals surface area contributed by atoms with E-state index in [1.54, 1.807) is 4.90 Å². The molecule has 0 bridgehead atoms. The van der Waals surface area contributed by atoms with Gasteiger partial charge in [0.25, 0.3) is 0 Å². The Morgan fingerprint density at radius 3 is 3.00 bits per heavy atom. The third-order valence-electron chi connectivity index (χ3n) is 3.31. The molecular weight excluding hydrogens is 206 g/mol. The van der Waals surface area contributed by atoms with Crippen LogP contribution in [0.5, 0.6) is 0 Å². The Bertz CT molecular complexity index is 271. The topological polar surface area (TPSA) is 46.6 Å². The number of amides is 1. The minimum absolute atomic E-state index is 0.114. The molecule has 0 aliphatic carbocycles. The third kappa shape index (κ3) is 3.04. The van der Waals surface area contributed by atoms with Crippen molar-refractivity contribution in [3.05, 3.63) is 0 Å². The van der Waals surface area contributed by atoms with Crippen molar-refractivity contribution in [1.82, 2.24) is 4.90 Å². The predicted molar refractivity (Wildman–Crippen MR) is 59.0 cm³/mol. The fraction of sp³-hybridized carbons (Fsp3) is 0.833. The van der Waals surface area contributed by atoms with Crippen LogP contribution in [0.25, 0.3) is 0 Å². The molecule has 1 unspecified atom stereocenters. The van der Waals surface area contributed by atoms with Gasteiger partial charge in [-0.25, -0.2) is 0 Å². The van der Waals surface area contributed by atoms with Gasteiger partial charge in [-0.15, -0.1) is 0 Å². The summed E-state index contributed by atoms with van der Waals surface area (Å²) in [5, 5.41) is 0. The number of piperidine rings is 1. The van der Waals surface area contributed by atoms with Gasteiger partial charge in [-0.1, -0.05) is 0 Å². The van der Waals surface area contributed by atoms with Gasteiger partial charge in [0.05, 0.1) is 12.6 Å². The number of ketones is 1. The molecule has 0 aromatic heterocycles. The summed E-state index contributed by atoms with van der Waals surface area (Å²) >= 11 is 0. The van der Waals surface area contributed by atoms with Crippen LogP contribution in [0.2, 0.25) is 0 Å². The molecule has 0 radical (unpaired) electrons. The van der Waals surface area contributed by atoms with Gasteiger partial charge in [0.2, 0.25) is 5.91 Å². The van der Waals surface area contributed by atoms with Crippen LogP contribution in [0.3, 0.4) is 0 Å². The van der Waals surface area contributed by atoms with Crippen molar-refractivity contribution in [2.75, 3.05) is 19.7 Å². The van der Waals surface area contributed by atoms with Gasteiger partial charge in [0.15, 0.2) is 5.78 Å². The zero-order chi connectivity index (χ0) is 11.4. The molecule has 2 saturated heterocycles. The minimum atomic E-state index is 0.114. The van der Waals surface area contributed by atoms with E-state index in [0.29, 0.717) is 19.4 Å². The Balaban J connectivity index is 1.72. The fourth-order valence-electron chi connectivity index (χ4n) is 2.37. The van der Waals surface area contributed by atoms with Crippen molar-refractivity contribution in [1.29, 1.82) is 0 Å². The van der Waals surface area contributed by atoms with Crippen molar-refractivity contribution >= 4 is 11.7 Å². The molecule has 0 aromatic carbocycles.